The topological polar surface area (TPSA) is 6.48 Å². The molecule has 2 heteroatoms. The van der Waals surface area contributed by atoms with Gasteiger partial charge >= 0.3 is 0 Å². The maximum atomic E-state index is 2.53. The summed E-state index contributed by atoms with van der Waals surface area (Å²) in [5.74, 6) is 0. The highest BCUT2D eigenvalue weighted by molar-refractivity contribution is 6.01. The van der Waals surface area contributed by atoms with E-state index >= 15 is 0 Å². The van der Waals surface area contributed by atoms with E-state index in [1.165, 1.54) is 100 Å². The van der Waals surface area contributed by atoms with Gasteiger partial charge in [-0.25, -0.2) is 0 Å². The van der Waals surface area contributed by atoms with Crippen molar-refractivity contribution >= 4 is 34.1 Å². The summed E-state index contributed by atoms with van der Waals surface area (Å²) in [5, 5.41) is 0. The maximum absolute atomic E-state index is 2.53. The van der Waals surface area contributed by atoms with E-state index in [-0.39, 0.29) is 5.41 Å². The summed E-state index contributed by atoms with van der Waals surface area (Å²) in [7, 11) is 0. The minimum atomic E-state index is -0.679. The lowest BCUT2D eigenvalue weighted by molar-refractivity contribution is 0.660. The van der Waals surface area contributed by atoms with Crippen LogP contribution in [0.15, 0.2) is 291 Å². The van der Waals surface area contributed by atoms with Gasteiger partial charge in [-0.05, 0) is 161 Å². The molecule has 2 nitrogen and oxygen atoms in total. The monoisotopic (exact) mass is 994 g/mol. The minimum Gasteiger partial charge on any atom is -0.310 e. The first-order valence-corrected chi connectivity index (χ1v) is 27.2. The Labute approximate surface area is 457 Å². The lowest BCUT2D eigenvalue weighted by Gasteiger charge is -2.36. The van der Waals surface area contributed by atoms with Crippen LogP contribution >= 0.6 is 0 Å². The van der Waals surface area contributed by atoms with Gasteiger partial charge in [0.15, 0.2) is 0 Å². The molecule has 15 rings (SSSR count). The van der Waals surface area contributed by atoms with Crippen LogP contribution in [0.25, 0.3) is 66.8 Å². The van der Waals surface area contributed by atoms with Crippen molar-refractivity contribution in [1.82, 2.24) is 0 Å². The molecule has 12 aromatic carbocycles. The van der Waals surface area contributed by atoms with Gasteiger partial charge in [-0.1, -0.05) is 238 Å². The molecule has 0 fully saturated rings. The number of hydrogen-bond acceptors (Lipinski definition) is 2. The lowest BCUT2D eigenvalue weighted by atomic mass is 9.69. The van der Waals surface area contributed by atoms with Gasteiger partial charge in [0, 0.05) is 39.4 Å². The molecule has 0 N–H and O–H groups in total. The van der Waals surface area contributed by atoms with E-state index in [1.807, 2.05) is 0 Å². The molecule has 0 radical (unpaired) electrons. The van der Waals surface area contributed by atoms with Gasteiger partial charge in [-0.3, -0.25) is 0 Å². The maximum Gasteiger partial charge on any atom is 0.0746 e. The molecule has 0 bridgehead atoms. The zero-order valence-corrected chi connectivity index (χ0v) is 43.6. The number of anilines is 6. The van der Waals surface area contributed by atoms with Crippen LogP contribution in [-0.4, -0.2) is 0 Å². The van der Waals surface area contributed by atoms with Gasteiger partial charge < -0.3 is 9.80 Å². The first-order chi connectivity index (χ1) is 38.4. The molecule has 0 atom stereocenters. The second-order valence-corrected chi connectivity index (χ2v) is 21.6. The zero-order chi connectivity index (χ0) is 52.0. The van der Waals surface area contributed by atoms with Crippen molar-refractivity contribution in [3.63, 3.8) is 0 Å². The molecule has 3 aliphatic rings. The summed E-state index contributed by atoms with van der Waals surface area (Å²) < 4.78 is 0. The SMILES string of the molecule is CC1(C)c2ccccc2-c2ccc(N(c3ccc(-c4ccccc4)cc3)c3ccc4c(c3)C3(c5ccccc5-c5ccccc53)c3c-4cccc3N(c3ccc(-c4ccccc4)cc3)c3ccc(-c4ccccc4)cc3)cc21. The molecule has 0 aliphatic heterocycles. The van der Waals surface area contributed by atoms with Gasteiger partial charge in [0.1, 0.15) is 0 Å². The average molecular weight is 995 g/mol. The smallest absolute Gasteiger partial charge is 0.0746 e. The van der Waals surface area contributed by atoms with Crippen molar-refractivity contribution in [2.24, 2.45) is 0 Å². The third-order valence-electron chi connectivity index (χ3n) is 17.1. The van der Waals surface area contributed by atoms with Crippen LogP contribution in [-0.2, 0) is 10.8 Å². The quantitative estimate of drug-likeness (QED) is 0.142. The third-order valence-corrected chi connectivity index (χ3v) is 17.1. The Balaban J connectivity index is 0.965. The Bertz CT molecular complexity index is 4120. The van der Waals surface area contributed by atoms with Gasteiger partial charge in [0.05, 0.1) is 11.1 Å². The highest BCUT2D eigenvalue weighted by atomic mass is 15.2. The first-order valence-electron chi connectivity index (χ1n) is 27.2. The van der Waals surface area contributed by atoms with Crippen molar-refractivity contribution in [3.8, 4) is 66.8 Å². The van der Waals surface area contributed by atoms with Crippen LogP contribution in [0, 0.1) is 0 Å². The Kier molecular flexibility index (Phi) is 10.5. The Morgan fingerprint density at radius 2 is 0.564 bits per heavy atom. The normalized spacial score (nSPS) is 13.5. The fourth-order valence-electron chi connectivity index (χ4n) is 13.5. The second-order valence-electron chi connectivity index (χ2n) is 21.6. The number of rotatable bonds is 9. The number of benzene rings is 12. The van der Waals surface area contributed by atoms with Gasteiger partial charge in [-0.2, -0.15) is 0 Å². The van der Waals surface area contributed by atoms with Crippen LogP contribution in [0.4, 0.5) is 34.1 Å². The van der Waals surface area contributed by atoms with Crippen molar-refractivity contribution < 1.29 is 0 Å². The zero-order valence-electron chi connectivity index (χ0n) is 43.6. The lowest BCUT2D eigenvalue weighted by Crippen LogP contribution is -2.28. The highest BCUT2D eigenvalue weighted by Crippen LogP contribution is 2.66. The van der Waals surface area contributed by atoms with E-state index in [0.29, 0.717) is 0 Å². The average Bonchev–Trinajstić information content (AvgIpc) is 2.90. The predicted molar refractivity (Wildman–Crippen MR) is 326 cm³/mol. The van der Waals surface area contributed by atoms with Crippen molar-refractivity contribution in [2.45, 2.75) is 24.7 Å². The molecule has 0 saturated carbocycles. The summed E-state index contributed by atoms with van der Waals surface area (Å²) in [6.07, 6.45) is 0. The highest BCUT2D eigenvalue weighted by Gasteiger charge is 2.53. The molecule has 368 valence electrons. The summed E-state index contributed by atoms with van der Waals surface area (Å²) in [5.41, 5.74) is 28.5. The van der Waals surface area contributed by atoms with E-state index in [4.69, 9.17) is 0 Å². The van der Waals surface area contributed by atoms with Crippen molar-refractivity contribution in [1.29, 1.82) is 0 Å². The molecular weight excluding hydrogens is 941 g/mol. The van der Waals surface area contributed by atoms with Gasteiger partial charge in [-0.15, -0.1) is 0 Å². The summed E-state index contributed by atoms with van der Waals surface area (Å²) in [6, 6.07) is 108. The predicted octanol–water partition coefficient (Wildman–Crippen LogP) is 20.3. The summed E-state index contributed by atoms with van der Waals surface area (Å²) in [4.78, 5) is 5.00. The van der Waals surface area contributed by atoms with Crippen LogP contribution in [0.3, 0.4) is 0 Å². The van der Waals surface area contributed by atoms with Crippen molar-refractivity contribution in [2.75, 3.05) is 9.80 Å². The molecule has 1 spiro atoms. The van der Waals surface area contributed by atoms with Crippen LogP contribution in [0.1, 0.15) is 47.2 Å². The standard InChI is InChI=1S/C76H54N2/c1-75(2)68-29-15-12-25-62(68)65-47-45-60(49-71(65)75)77(57-39-33-54(34-40-57)51-19-6-3-7-20-51)61-46-48-66-67-28-18-32-73(74(67)76(72(66)50-61)69-30-16-13-26-63(69)64-27-14-17-31-70(64)76)78(58-41-35-55(36-42-58)52-21-8-4-9-22-52)59-43-37-56(38-44-59)53-23-10-5-11-24-53/h3-50H,1-2H3. The van der Waals surface area contributed by atoms with E-state index in [2.05, 4.69) is 315 Å². The molecule has 3 aliphatic carbocycles. The van der Waals surface area contributed by atoms with E-state index in [9.17, 15) is 0 Å². The van der Waals surface area contributed by atoms with Crippen LogP contribution < -0.4 is 9.80 Å². The molecule has 0 saturated heterocycles. The fraction of sp³-hybridized carbons (Fsp3) is 0.0526. The van der Waals surface area contributed by atoms with Crippen LogP contribution in [0.2, 0.25) is 0 Å². The Morgan fingerprint density at radius 1 is 0.231 bits per heavy atom. The van der Waals surface area contributed by atoms with E-state index < -0.39 is 5.41 Å². The van der Waals surface area contributed by atoms with Gasteiger partial charge in [0.2, 0.25) is 0 Å². The molecule has 0 unspecified atom stereocenters. The van der Waals surface area contributed by atoms with E-state index in [1.54, 1.807) is 0 Å². The molecule has 12 aromatic rings. The number of fused-ring (bicyclic) bond motifs is 13. The number of nitrogens with zero attached hydrogens (tertiary/aromatic N) is 2. The van der Waals surface area contributed by atoms with Crippen LogP contribution in [0.5, 0.6) is 0 Å². The molecule has 0 amide bonds. The summed E-state index contributed by atoms with van der Waals surface area (Å²) >= 11 is 0. The number of hydrogen-bond donors (Lipinski definition) is 0. The molecular formula is C76H54N2. The Hall–Kier alpha value is -9.76. The second kappa shape index (κ2) is 17.9. The fourth-order valence-corrected chi connectivity index (χ4v) is 13.5. The Morgan fingerprint density at radius 3 is 1.04 bits per heavy atom. The largest absolute Gasteiger partial charge is 0.310 e. The van der Waals surface area contributed by atoms with Crippen molar-refractivity contribution in [3.05, 3.63) is 325 Å². The van der Waals surface area contributed by atoms with E-state index in [0.717, 1.165) is 34.1 Å². The van der Waals surface area contributed by atoms with Gasteiger partial charge in [0.25, 0.3) is 0 Å². The first kappa shape index (κ1) is 45.6. The third kappa shape index (κ3) is 6.96. The molecule has 0 aromatic heterocycles. The minimum absolute atomic E-state index is 0.169. The molecule has 0 heterocycles. The summed E-state index contributed by atoms with van der Waals surface area (Å²) in [6.45, 7) is 4.75. The molecule has 78 heavy (non-hydrogen) atoms.